The Kier molecular flexibility index (Phi) is 3.61. The smallest absolute Gasteiger partial charge is 0.0776 e. The molecule has 0 aromatic carbocycles. The summed E-state index contributed by atoms with van der Waals surface area (Å²) in [6, 6.07) is 3.65. The Morgan fingerprint density at radius 2 is 2.30 bits per heavy atom. The Morgan fingerprint density at radius 3 is 2.60 bits per heavy atom. The van der Waals surface area contributed by atoms with Crippen LogP contribution in [0.25, 0.3) is 0 Å². The van der Waals surface area contributed by atoms with Crippen LogP contribution < -0.4 is 6.15 Å². The lowest BCUT2D eigenvalue weighted by atomic mass is 10.2. The summed E-state index contributed by atoms with van der Waals surface area (Å²) in [6.45, 7) is 1.72. The minimum absolute atomic E-state index is 0. The van der Waals surface area contributed by atoms with Gasteiger partial charge in [-0.1, -0.05) is 6.07 Å². The molecule has 0 aliphatic heterocycles. The molecule has 0 aliphatic rings. The average molecular weight is 140 g/mol. The van der Waals surface area contributed by atoms with Gasteiger partial charge in [-0.05, 0) is 18.6 Å². The monoisotopic (exact) mass is 140 g/mol. The fourth-order valence-corrected chi connectivity index (χ4v) is 0.623. The van der Waals surface area contributed by atoms with Crippen molar-refractivity contribution in [2.45, 2.75) is 13.0 Å². The molecule has 3 heteroatoms. The number of aliphatic hydroxyl groups is 1. The Hall–Kier alpha value is -0.930. The number of hydrogen-bond acceptors (Lipinski definition) is 3. The quantitative estimate of drug-likeness (QED) is 0.617. The zero-order valence-corrected chi connectivity index (χ0v) is 5.99. The van der Waals surface area contributed by atoms with E-state index in [1.807, 2.05) is 12.1 Å². The van der Waals surface area contributed by atoms with Gasteiger partial charge in [-0.2, -0.15) is 0 Å². The highest BCUT2D eigenvalue weighted by atomic mass is 16.3. The Balaban J connectivity index is 0.000000810. The van der Waals surface area contributed by atoms with Crippen LogP contribution in [0.1, 0.15) is 18.6 Å². The van der Waals surface area contributed by atoms with Gasteiger partial charge < -0.3 is 11.3 Å². The summed E-state index contributed by atoms with van der Waals surface area (Å²) in [4.78, 5) is 3.85. The molecule has 0 aliphatic carbocycles. The minimum atomic E-state index is -0.404. The molecule has 1 unspecified atom stereocenters. The third-order valence-corrected chi connectivity index (χ3v) is 1.17. The number of nitrogens with zero attached hydrogens (tertiary/aromatic N) is 1. The predicted octanol–water partition coefficient (Wildman–Crippen LogP) is 1.30. The number of pyridine rings is 1. The first-order valence-electron chi connectivity index (χ1n) is 2.88. The molecule has 0 amide bonds. The summed E-state index contributed by atoms with van der Waals surface area (Å²) in [5.74, 6) is 0. The van der Waals surface area contributed by atoms with Gasteiger partial charge in [0, 0.05) is 12.4 Å². The maximum Gasteiger partial charge on any atom is 0.0776 e. The average Bonchev–Trinajstić information content (AvgIpc) is 1.90. The van der Waals surface area contributed by atoms with E-state index in [9.17, 15) is 0 Å². The summed E-state index contributed by atoms with van der Waals surface area (Å²) in [6.07, 6.45) is 2.94. The van der Waals surface area contributed by atoms with Crippen molar-refractivity contribution in [3.8, 4) is 0 Å². The van der Waals surface area contributed by atoms with Gasteiger partial charge in [-0.15, -0.1) is 0 Å². The van der Waals surface area contributed by atoms with E-state index < -0.39 is 6.10 Å². The van der Waals surface area contributed by atoms with Crippen LogP contribution in [0.2, 0.25) is 0 Å². The maximum absolute atomic E-state index is 8.98. The lowest BCUT2D eigenvalue weighted by Gasteiger charge is -2.00. The van der Waals surface area contributed by atoms with Gasteiger partial charge in [0.25, 0.3) is 0 Å². The van der Waals surface area contributed by atoms with Crippen molar-refractivity contribution in [1.29, 1.82) is 0 Å². The number of aliphatic hydroxyl groups excluding tert-OH is 1. The molecule has 4 N–H and O–H groups in total. The zero-order valence-electron chi connectivity index (χ0n) is 5.99. The number of hydrogen-bond donors (Lipinski definition) is 2. The molecule has 1 aromatic heterocycles. The molecule has 0 saturated carbocycles. The summed E-state index contributed by atoms with van der Waals surface area (Å²) < 4.78 is 0. The van der Waals surface area contributed by atoms with Gasteiger partial charge in [0.1, 0.15) is 0 Å². The SMILES string of the molecule is CC(O)c1cccnc1.N. The van der Waals surface area contributed by atoms with Crippen molar-refractivity contribution < 1.29 is 5.11 Å². The zero-order chi connectivity index (χ0) is 6.69. The van der Waals surface area contributed by atoms with Crippen molar-refractivity contribution in [2.75, 3.05) is 0 Å². The molecule has 0 fully saturated rings. The first kappa shape index (κ1) is 9.07. The highest BCUT2D eigenvalue weighted by Crippen LogP contribution is 2.07. The summed E-state index contributed by atoms with van der Waals surface area (Å²) in [7, 11) is 0. The van der Waals surface area contributed by atoms with Crippen LogP contribution in [0.15, 0.2) is 24.5 Å². The normalized spacial score (nSPS) is 11.8. The van der Waals surface area contributed by atoms with Crippen LogP contribution in [0.3, 0.4) is 0 Å². The maximum atomic E-state index is 8.98. The summed E-state index contributed by atoms with van der Waals surface area (Å²) in [5, 5.41) is 8.98. The molecule has 0 saturated heterocycles. The standard InChI is InChI=1S/C7H9NO.H3N/c1-6(9)7-3-2-4-8-5-7;/h2-6,9H,1H3;1H3. The highest BCUT2D eigenvalue weighted by Gasteiger charge is 1.96. The fourth-order valence-electron chi connectivity index (χ4n) is 0.623. The summed E-state index contributed by atoms with van der Waals surface area (Å²) >= 11 is 0. The lowest BCUT2D eigenvalue weighted by molar-refractivity contribution is 0.199. The molecule has 1 aromatic rings. The van der Waals surface area contributed by atoms with Crippen molar-refractivity contribution in [3.63, 3.8) is 0 Å². The fraction of sp³-hybridized carbons (Fsp3) is 0.286. The molecule has 3 nitrogen and oxygen atoms in total. The minimum Gasteiger partial charge on any atom is -0.389 e. The molecule has 0 spiro atoms. The van der Waals surface area contributed by atoms with Crippen LogP contribution >= 0.6 is 0 Å². The topological polar surface area (TPSA) is 68.1 Å². The van der Waals surface area contributed by atoms with Crippen molar-refractivity contribution in [2.24, 2.45) is 0 Å². The molecule has 0 bridgehead atoms. The van der Waals surface area contributed by atoms with Crippen molar-refractivity contribution in [1.82, 2.24) is 11.1 Å². The molecular weight excluding hydrogens is 128 g/mol. The molecule has 0 radical (unpaired) electrons. The Labute approximate surface area is 60.3 Å². The van der Waals surface area contributed by atoms with Gasteiger partial charge >= 0.3 is 0 Å². The van der Waals surface area contributed by atoms with Crippen LogP contribution in [0.5, 0.6) is 0 Å². The van der Waals surface area contributed by atoms with Crippen molar-refractivity contribution in [3.05, 3.63) is 30.1 Å². The molecule has 10 heavy (non-hydrogen) atoms. The van der Waals surface area contributed by atoms with Gasteiger partial charge in [0.05, 0.1) is 6.10 Å². The third kappa shape index (κ3) is 2.13. The Morgan fingerprint density at radius 1 is 1.60 bits per heavy atom. The molecule has 1 heterocycles. The van der Waals surface area contributed by atoms with Gasteiger partial charge in [0.15, 0.2) is 0 Å². The second-order valence-corrected chi connectivity index (χ2v) is 1.96. The summed E-state index contributed by atoms with van der Waals surface area (Å²) in [5.41, 5.74) is 0.859. The molecule has 1 atom stereocenters. The third-order valence-electron chi connectivity index (χ3n) is 1.17. The van der Waals surface area contributed by atoms with Gasteiger partial charge in [-0.25, -0.2) is 0 Å². The van der Waals surface area contributed by atoms with E-state index in [0.717, 1.165) is 5.56 Å². The second-order valence-electron chi connectivity index (χ2n) is 1.96. The van der Waals surface area contributed by atoms with E-state index in [1.54, 1.807) is 19.3 Å². The van der Waals surface area contributed by atoms with E-state index in [2.05, 4.69) is 4.98 Å². The molecular formula is C7H12N2O. The Bertz CT molecular complexity index is 174. The lowest BCUT2D eigenvalue weighted by Crippen LogP contribution is -1.89. The molecule has 1 rings (SSSR count). The van der Waals surface area contributed by atoms with Crippen LogP contribution in [-0.2, 0) is 0 Å². The first-order chi connectivity index (χ1) is 4.30. The van der Waals surface area contributed by atoms with Crippen molar-refractivity contribution >= 4 is 0 Å². The molecule has 56 valence electrons. The largest absolute Gasteiger partial charge is 0.389 e. The van der Waals surface area contributed by atoms with E-state index in [1.165, 1.54) is 0 Å². The van der Waals surface area contributed by atoms with Crippen LogP contribution in [-0.4, -0.2) is 10.1 Å². The van der Waals surface area contributed by atoms with E-state index in [0.29, 0.717) is 0 Å². The van der Waals surface area contributed by atoms with Gasteiger partial charge in [-0.3, -0.25) is 4.98 Å². The number of rotatable bonds is 1. The highest BCUT2D eigenvalue weighted by molar-refractivity contribution is 5.10. The van der Waals surface area contributed by atoms with Crippen LogP contribution in [0, 0.1) is 0 Å². The number of aromatic nitrogens is 1. The predicted molar refractivity (Wildman–Crippen MR) is 39.9 cm³/mol. The van der Waals surface area contributed by atoms with E-state index in [4.69, 9.17) is 5.11 Å². The van der Waals surface area contributed by atoms with E-state index >= 15 is 0 Å². The first-order valence-corrected chi connectivity index (χ1v) is 2.88. The van der Waals surface area contributed by atoms with Crippen LogP contribution in [0.4, 0.5) is 0 Å². The van der Waals surface area contributed by atoms with Gasteiger partial charge in [0.2, 0.25) is 0 Å². The van der Waals surface area contributed by atoms with E-state index in [-0.39, 0.29) is 6.15 Å². The second kappa shape index (κ2) is 3.98.